The summed E-state index contributed by atoms with van der Waals surface area (Å²) in [6.45, 7) is 0.140. The second-order valence-electron chi connectivity index (χ2n) is 5.97. The summed E-state index contributed by atoms with van der Waals surface area (Å²) in [7, 11) is -3.73. The van der Waals surface area contributed by atoms with Gasteiger partial charge in [-0.3, -0.25) is 0 Å². The summed E-state index contributed by atoms with van der Waals surface area (Å²) >= 11 is 1.37. The first kappa shape index (κ1) is 18.7. The summed E-state index contributed by atoms with van der Waals surface area (Å²) in [6, 6.07) is 10.6. The quantitative estimate of drug-likeness (QED) is 0.520. The summed E-state index contributed by atoms with van der Waals surface area (Å²) in [6.07, 6.45) is 0.381. The van der Waals surface area contributed by atoms with Gasteiger partial charge in [0.2, 0.25) is 15.0 Å². The molecule has 1 N–H and O–H groups in total. The Bertz CT molecular complexity index is 1230. The van der Waals surface area contributed by atoms with E-state index >= 15 is 0 Å². The van der Waals surface area contributed by atoms with E-state index in [2.05, 4.69) is 14.8 Å². The Balaban J connectivity index is 1.49. The molecule has 0 fully saturated rings. The second-order valence-corrected chi connectivity index (χ2v) is 8.57. The molecule has 0 aliphatic rings. The highest BCUT2D eigenvalue weighted by Gasteiger charge is 2.15. The summed E-state index contributed by atoms with van der Waals surface area (Å²) < 4.78 is 55.0. The molecular formula is C18H14F2N4O2S2. The molecule has 0 aliphatic carbocycles. The SMILES string of the molecule is O=S(=O)(NCCc1csc2nc(-c3cccc(F)c3)nn12)c1ccc(F)cc1. The molecule has 2 aromatic heterocycles. The van der Waals surface area contributed by atoms with Gasteiger partial charge in [-0.05, 0) is 36.4 Å². The number of benzene rings is 2. The Morgan fingerprint density at radius 2 is 1.86 bits per heavy atom. The van der Waals surface area contributed by atoms with Crippen molar-refractivity contribution in [2.24, 2.45) is 0 Å². The molecular weight excluding hydrogens is 406 g/mol. The van der Waals surface area contributed by atoms with Gasteiger partial charge in [0.05, 0.1) is 10.6 Å². The van der Waals surface area contributed by atoms with Gasteiger partial charge in [0.25, 0.3) is 0 Å². The van der Waals surface area contributed by atoms with Gasteiger partial charge in [-0.1, -0.05) is 12.1 Å². The van der Waals surface area contributed by atoms with Crippen LogP contribution < -0.4 is 4.72 Å². The minimum atomic E-state index is -3.73. The normalized spacial score (nSPS) is 11.9. The number of thiazole rings is 1. The summed E-state index contributed by atoms with van der Waals surface area (Å²) in [4.78, 5) is 5.02. The van der Waals surface area contributed by atoms with E-state index in [1.54, 1.807) is 16.6 Å². The van der Waals surface area contributed by atoms with Gasteiger partial charge < -0.3 is 0 Å². The van der Waals surface area contributed by atoms with Gasteiger partial charge in [0.1, 0.15) is 11.6 Å². The molecule has 0 aliphatic heterocycles. The van der Waals surface area contributed by atoms with E-state index in [-0.39, 0.29) is 17.3 Å². The van der Waals surface area contributed by atoms with Crippen molar-refractivity contribution in [1.29, 1.82) is 0 Å². The average molecular weight is 420 g/mol. The molecule has 6 nitrogen and oxygen atoms in total. The predicted octanol–water partition coefficient (Wildman–Crippen LogP) is 3.26. The van der Waals surface area contributed by atoms with Crippen molar-refractivity contribution in [3.63, 3.8) is 0 Å². The maximum Gasteiger partial charge on any atom is 0.240 e. The summed E-state index contributed by atoms with van der Waals surface area (Å²) in [5.41, 5.74) is 1.34. The zero-order valence-corrected chi connectivity index (χ0v) is 16.0. The Kier molecular flexibility index (Phi) is 4.92. The molecule has 0 radical (unpaired) electrons. The lowest BCUT2D eigenvalue weighted by molar-refractivity contribution is 0.580. The number of nitrogens with one attached hydrogen (secondary N) is 1. The van der Waals surface area contributed by atoms with Gasteiger partial charge in [-0.2, -0.15) is 4.98 Å². The van der Waals surface area contributed by atoms with E-state index in [9.17, 15) is 17.2 Å². The molecule has 28 heavy (non-hydrogen) atoms. The van der Waals surface area contributed by atoms with Gasteiger partial charge in [0.15, 0.2) is 5.82 Å². The van der Waals surface area contributed by atoms with Crippen LogP contribution in [-0.2, 0) is 16.4 Å². The minimum absolute atomic E-state index is 0.00138. The number of halogens is 2. The minimum Gasteiger partial charge on any atom is -0.211 e. The standard InChI is InChI=1S/C18H14F2N4O2S2/c19-13-4-6-16(7-5-13)28(25,26)21-9-8-15-11-27-18-22-17(23-24(15)18)12-2-1-3-14(20)10-12/h1-7,10-11,21H,8-9H2. The Hall–Kier alpha value is -2.69. The highest BCUT2D eigenvalue weighted by Crippen LogP contribution is 2.21. The zero-order valence-electron chi connectivity index (χ0n) is 14.3. The fourth-order valence-electron chi connectivity index (χ4n) is 2.66. The molecule has 144 valence electrons. The molecule has 2 aromatic carbocycles. The number of sulfonamides is 1. The molecule has 0 spiro atoms. The van der Waals surface area contributed by atoms with Crippen molar-refractivity contribution < 1.29 is 17.2 Å². The first-order chi connectivity index (χ1) is 13.4. The van der Waals surface area contributed by atoms with E-state index in [4.69, 9.17) is 0 Å². The smallest absolute Gasteiger partial charge is 0.211 e. The van der Waals surface area contributed by atoms with Crippen LogP contribution >= 0.6 is 11.3 Å². The predicted molar refractivity (Wildman–Crippen MR) is 102 cm³/mol. The number of nitrogens with zero attached hydrogens (tertiary/aromatic N) is 3. The van der Waals surface area contributed by atoms with Crippen molar-refractivity contribution in [2.75, 3.05) is 6.54 Å². The molecule has 10 heteroatoms. The number of hydrogen-bond donors (Lipinski definition) is 1. The van der Waals surface area contributed by atoms with Crippen LogP contribution in [0.25, 0.3) is 16.3 Å². The average Bonchev–Trinajstić information content (AvgIpc) is 3.24. The van der Waals surface area contributed by atoms with Crippen molar-refractivity contribution in [3.8, 4) is 11.4 Å². The van der Waals surface area contributed by atoms with E-state index < -0.39 is 15.8 Å². The van der Waals surface area contributed by atoms with Crippen molar-refractivity contribution in [1.82, 2.24) is 19.3 Å². The molecule has 0 unspecified atom stereocenters. The molecule has 0 atom stereocenters. The third-order valence-corrected chi connectivity index (χ3v) is 6.37. The topological polar surface area (TPSA) is 76.4 Å². The zero-order chi connectivity index (χ0) is 19.7. The Morgan fingerprint density at radius 1 is 1.07 bits per heavy atom. The number of fused-ring (bicyclic) bond motifs is 1. The number of hydrogen-bond acceptors (Lipinski definition) is 5. The lowest BCUT2D eigenvalue weighted by Gasteiger charge is -2.06. The number of aromatic nitrogens is 3. The number of rotatable bonds is 6. The molecule has 0 saturated carbocycles. The van der Waals surface area contributed by atoms with Crippen molar-refractivity contribution in [2.45, 2.75) is 11.3 Å². The fraction of sp³-hybridized carbons (Fsp3) is 0.111. The van der Waals surface area contributed by atoms with Crippen LogP contribution in [0.4, 0.5) is 8.78 Å². The monoisotopic (exact) mass is 420 g/mol. The van der Waals surface area contributed by atoms with E-state index in [0.717, 1.165) is 17.8 Å². The lowest BCUT2D eigenvalue weighted by atomic mass is 10.2. The summed E-state index contributed by atoms with van der Waals surface area (Å²) in [5, 5.41) is 6.24. The van der Waals surface area contributed by atoms with Crippen LogP contribution in [0, 0.1) is 11.6 Å². The van der Waals surface area contributed by atoms with Crippen LogP contribution in [-0.4, -0.2) is 29.6 Å². The van der Waals surface area contributed by atoms with Gasteiger partial charge in [-0.15, -0.1) is 16.4 Å². The lowest BCUT2D eigenvalue weighted by Crippen LogP contribution is -2.26. The van der Waals surface area contributed by atoms with Gasteiger partial charge >= 0.3 is 0 Å². The van der Waals surface area contributed by atoms with Crippen LogP contribution in [0.5, 0.6) is 0 Å². The van der Waals surface area contributed by atoms with Crippen molar-refractivity contribution >= 4 is 26.3 Å². The molecule has 0 saturated heterocycles. The molecule has 0 amide bonds. The molecule has 4 aromatic rings. The highest BCUT2D eigenvalue weighted by molar-refractivity contribution is 7.89. The Morgan fingerprint density at radius 3 is 2.61 bits per heavy atom. The molecule has 4 rings (SSSR count). The van der Waals surface area contributed by atoms with Gasteiger partial charge in [-0.25, -0.2) is 26.4 Å². The maximum absolute atomic E-state index is 13.4. The second kappa shape index (κ2) is 7.38. The van der Waals surface area contributed by atoms with Crippen LogP contribution in [0.1, 0.15) is 5.69 Å². The van der Waals surface area contributed by atoms with E-state index in [1.807, 2.05) is 5.38 Å². The van der Waals surface area contributed by atoms with Gasteiger partial charge in [0, 0.05) is 23.9 Å². The van der Waals surface area contributed by atoms with Crippen LogP contribution in [0.15, 0.2) is 58.8 Å². The summed E-state index contributed by atoms with van der Waals surface area (Å²) in [5.74, 6) is -0.467. The maximum atomic E-state index is 13.4. The first-order valence-electron chi connectivity index (χ1n) is 8.27. The third kappa shape index (κ3) is 3.79. The van der Waals surface area contributed by atoms with E-state index in [0.29, 0.717) is 22.8 Å². The molecule has 0 bridgehead atoms. The van der Waals surface area contributed by atoms with E-state index in [1.165, 1.54) is 35.6 Å². The van der Waals surface area contributed by atoms with Crippen LogP contribution in [0.3, 0.4) is 0 Å². The molecule has 2 heterocycles. The van der Waals surface area contributed by atoms with Crippen LogP contribution in [0.2, 0.25) is 0 Å². The fourth-order valence-corrected chi connectivity index (χ4v) is 4.55. The highest BCUT2D eigenvalue weighted by atomic mass is 32.2. The third-order valence-electron chi connectivity index (χ3n) is 4.03. The largest absolute Gasteiger partial charge is 0.240 e. The Labute approximate surface area is 163 Å². The first-order valence-corrected chi connectivity index (χ1v) is 10.6. The van der Waals surface area contributed by atoms with Crippen molar-refractivity contribution in [3.05, 3.63) is 71.2 Å².